The van der Waals surface area contributed by atoms with Gasteiger partial charge in [0, 0.05) is 25.7 Å². The second kappa shape index (κ2) is 71.0. The third kappa shape index (κ3) is 73.4. The minimum Gasteiger partial charge on any atom is -0.462 e. The molecule has 0 saturated carbocycles. The Kier molecular flexibility index (Phi) is 69.6. The third-order valence-electron chi connectivity index (χ3n) is 19.8. The summed E-state index contributed by atoms with van der Waals surface area (Å²) in [5, 5.41) is 10.6. The van der Waals surface area contributed by atoms with Crippen LogP contribution in [-0.4, -0.2) is 96.7 Å². The minimum atomic E-state index is -4.96. The number of ether oxygens (including phenoxy) is 4. The molecule has 600 valence electrons. The van der Waals surface area contributed by atoms with Crippen LogP contribution in [0.25, 0.3) is 0 Å². The van der Waals surface area contributed by atoms with Gasteiger partial charge in [0.25, 0.3) is 0 Å². The van der Waals surface area contributed by atoms with Crippen LogP contribution in [0, 0.1) is 23.7 Å². The van der Waals surface area contributed by atoms with Crippen LogP contribution in [0.4, 0.5) is 0 Å². The zero-order valence-corrected chi connectivity index (χ0v) is 68.3. The molecule has 101 heavy (non-hydrogen) atoms. The molecule has 0 aromatic heterocycles. The first-order chi connectivity index (χ1) is 48.7. The van der Waals surface area contributed by atoms with Gasteiger partial charge in [-0.1, -0.05) is 370 Å². The summed E-state index contributed by atoms with van der Waals surface area (Å²) in [7, 11) is -9.92. The van der Waals surface area contributed by atoms with Crippen LogP contribution >= 0.6 is 15.6 Å². The molecule has 0 aromatic rings. The quantitative estimate of drug-likeness (QED) is 0.0222. The Morgan fingerprint density at radius 1 is 0.277 bits per heavy atom. The van der Waals surface area contributed by atoms with E-state index in [0.29, 0.717) is 31.6 Å². The average molecular weight is 1480 g/mol. The number of hydrogen-bond acceptors (Lipinski definition) is 15. The first kappa shape index (κ1) is 99.1. The molecule has 0 aliphatic heterocycles. The van der Waals surface area contributed by atoms with Crippen molar-refractivity contribution in [2.75, 3.05) is 39.6 Å². The van der Waals surface area contributed by atoms with Gasteiger partial charge in [0.1, 0.15) is 19.3 Å². The van der Waals surface area contributed by atoms with Crippen molar-refractivity contribution in [3.63, 3.8) is 0 Å². The van der Waals surface area contributed by atoms with Crippen LogP contribution in [0.2, 0.25) is 0 Å². The predicted octanol–water partition coefficient (Wildman–Crippen LogP) is 24.4. The van der Waals surface area contributed by atoms with Gasteiger partial charge in [0.05, 0.1) is 26.4 Å². The summed E-state index contributed by atoms with van der Waals surface area (Å²) in [4.78, 5) is 73.1. The van der Waals surface area contributed by atoms with Crippen molar-refractivity contribution in [3.05, 3.63) is 0 Å². The zero-order chi connectivity index (χ0) is 74.6. The second-order valence-corrected chi connectivity index (χ2v) is 33.9. The van der Waals surface area contributed by atoms with E-state index in [-0.39, 0.29) is 25.7 Å². The lowest BCUT2D eigenvalue weighted by Gasteiger charge is -2.21. The molecule has 17 nitrogen and oxygen atoms in total. The highest BCUT2D eigenvalue weighted by Gasteiger charge is 2.30. The number of phosphoric ester groups is 2. The highest BCUT2D eigenvalue weighted by molar-refractivity contribution is 7.47. The Labute approximate surface area is 619 Å². The summed E-state index contributed by atoms with van der Waals surface area (Å²) < 4.78 is 68.7. The van der Waals surface area contributed by atoms with Crippen LogP contribution in [0.1, 0.15) is 421 Å². The molecule has 0 amide bonds. The highest BCUT2D eigenvalue weighted by atomic mass is 31.2. The first-order valence-electron chi connectivity index (χ1n) is 42.3. The van der Waals surface area contributed by atoms with Gasteiger partial charge in [-0.15, -0.1) is 0 Å². The van der Waals surface area contributed by atoms with E-state index in [4.69, 9.17) is 37.0 Å². The Morgan fingerprint density at radius 3 is 0.703 bits per heavy atom. The molecule has 0 fully saturated rings. The summed E-state index contributed by atoms with van der Waals surface area (Å²) >= 11 is 0. The van der Waals surface area contributed by atoms with Crippen molar-refractivity contribution >= 4 is 39.5 Å². The van der Waals surface area contributed by atoms with Gasteiger partial charge in [-0.05, 0) is 49.4 Å². The monoisotopic (exact) mass is 1480 g/mol. The molecule has 0 aromatic carbocycles. The number of hydrogen-bond donors (Lipinski definition) is 3. The van der Waals surface area contributed by atoms with E-state index in [1.54, 1.807) is 0 Å². The smallest absolute Gasteiger partial charge is 0.462 e. The van der Waals surface area contributed by atoms with Crippen LogP contribution in [0.5, 0.6) is 0 Å². The number of carbonyl (C=O) groups excluding carboxylic acids is 4. The summed E-state index contributed by atoms with van der Waals surface area (Å²) in [6, 6.07) is 0. The molecule has 0 aliphatic rings. The number of aliphatic hydroxyl groups excluding tert-OH is 1. The van der Waals surface area contributed by atoms with Gasteiger partial charge < -0.3 is 33.8 Å². The molecule has 0 rings (SSSR count). The van der Waals surface area contributed by atoms with Gasteiger partial charge >= 0.3 is 39.5 Å². The Hall–Kier alpha value is -1.94. The molecular formula is C82H160O17P2. The molecular weight excluding hydrogens is 1320 g/mol. The van der Waals surface area contributed by atoms with Crippen LogP contribution in [-0.2, 0) is 65.4 Å². The second-order valence-electron chi connectivity index (χ2n) is 31.0. The van der Waals surface area contributed by atoms with Crippen molar-refractivity contribution < 1.29 is 80.2 Å². The molecule has 7 atom stereocenters. The maximum absolute atomic E-state index is 13.1. The van der Waals surface area contributed by atoms with Crippen molar-refractivity contribution in [1.29, 1.82) is 0 Å². The molecule has 19 heteroatoms. The van der Waals surface area contributed by atoms with Crippen LogP contribution in [0.3, 0.4) is 0 Å². The lowest BCUT2D eigenvalue weighted by molar-refractivity contribution is -0.161. The highest BCUT2D eigenvalue weighted by Crippen LogP contribution is 2.45. The molecule has 5 unspecified atom stereocenters. The van der Waals surface area contributed by atoms with E-state index < -0.39 is 97.5 Å². The fraction of sp³-hybridized carbons (Fsp3) is 0.951. The van der Waals surface area contributed by atoms with E-state index in [2.05, 4.69) is 55.4 Å². The SMILES string of the molecule is CCC(C)CCCCCCCCCCCCCCCCC(=O)OC[C@H](COP(=O)(O)OCC(O)COP(=O)(O)OC[C@@H](COC(=O)CCCCCCCCCC(C)C)OC(=O)CCCCCCCCCCCCC(C)CC)OC(=O)CCCCCCCCCCCCCCCCCCC(C)C. The lowest BCUT2D eigenvalue weighted by Crippen LogP contribution is -2.30. The van der Waals surface area contributed by atoms with E-state index in [0.717, 1.165) is 114 Å². The summed E-state index contributed by atoms with van der Waals surface area (Å²) in [6.45, 7) is 14.3. The van der Waals surface area contributed by atoms with Crippen molar-refractivity contribution in [2.45, 2.75) is 440 Å². The fourth-order valence-electron chi connectivity index (χ4n) is 12.5. The molecule has 0 bridgehead atoms. The van der Waals surface area contributed by atoms with Gasteiger partial charge in [-0.25, -0.2) is 9.13 Å². The number of rotatable bonds is 79. The fourth-order valence-corrected chi connectivity index (χ4v) is 14.1. The van der Waals surface area contributed by atoms with Gasteiger partial charge in [-0.3, -0.25) is 37.3 Å². The summed E-state index contributed by atoms with van der Waals surface area (Å²) in [5.74, 6) is 1.05. The molecule has 0 saturated heterocycles. The molecule has 0 spiro atoms. The normalized spacial score (nSPS) is 14.5. The largest absolute Gasteiger partial charge is 0.472 e. The first-order valence-corrected chi connectivity index (χ1v) is 45.3. The Bertz CT molecular complexity index is 1980. The summed E-state index contributed by atoms with van der Waals surface area (Å²) in [5.41, 5.74) is 0. The van der Waals surface area contributed by atoms with Gasteiger partial charge in [0.15, 0.2) is 12.2 Å². The lowest BCUT2D eigenvalue weighted by atomic mass is 9.99. The van der Waals surface area contributed by atoms with Crippen molar-refractivity contribution in [2.24, 2.45) is 23.7 Å². The maximum Gasteiger partial charge on any atom is 0.472 e. The van der Waals surface area contributed by atoms with Gasteiger partial charge in [-0.2, -0.15) is 0 Å². The van der Waals surface area contributed by atoms with E-state index in [1.165, 1.54) is 218 Å². The summed E-state index contributed by atoms with van der Waals surface area (Å²) in [6.07, 6.45) is 58.2. The molecule has 3 N–H and O–H groups in total. The van der Waals surface area contributed by atoms with Crippen LogP contribution in [0.15, 0.2) is 0 Å². The van der Waals surface area contributed by atoms with Crippen molar-refractivity contribution in [3.8, 4) is 0 Å². The third-order valence-corrected chi connectivity index (χ3v) is 21.7. The topological polar surface area (TPSA) is 237 Å². The Balaban J connectivity index is 5.25. The van der Waals surface area contributed by atoms with E-state index in [9.17, 15) is 43.2 Å². The molecule has 0 heterocycles. The minimum absolute atomic E-state index is 0.105. The van der Waals surface area contributed by atoms with E-state index in [1.807, 2.05) is 0 Å². The van der Waals surface area contributed by atoms with Crippen LogP contribution < -0.4 is 0 Å². The number of unbranched alkanes of at least 4 members (excludes halogenated alkanes) is 43. The number of aliphatic hydroxyl groups is 1. The van der Waals surface area contributed by atoms with E-state index >= 15 is 0 Å². The predicted molar refractivity (Wildman–Crippen MR) is 414 cm³/mol. The average Bonchev–Trinajstić information content (AvgIpc) is 0.942. The van der Waals surface area contributed by atoms with Crippen molar-refractivity contribution in [1.82, 2.24) is 0 Å². The molecule has 0 aliphatic carbocycles. The maximum atomic E-state index is 13.1. The number of carbonyl (C=O) groups is 4. The van der Waals surface area contributed by atoms with Gasteiger partial charge in [0.2, 0.25) is 0 Å². The number of esters is 4. The standard InChI is InChI=1S/C82H160O17P2/c1-9-74(7)60-52-44-36-28-22-18-15-16-19-23-30-38-46-54-62-79(84)92-68-77(98-81(86)64-56-48-39-31-24-20-14-12-11-13-17-21-27-34-42-50-58-72(3)4)70-96-100(88,89)94-66-76(83)67-95-101(90,91)97-71-78(69-93-80(85)63-55-47-41-33-35-43-51-59-73(5)6)99-82(87)65-57-49-40-32-26-25-29-37-45-53-61-75(8)10-2/h72-78,83H,9-71H2,1-8H3,(H,88,89)(H,90,91)/t74?,75?,76?,77-,78-/m1/s1. The molecule has 0 radical (unpaired) electrons. The number of phosphoric acid groups is 2. The zero-order valence-electron chi connectivity index (χ0n) is 66.5. The Morgan fingerprint density at radius 2 is 0.475 bits per heavy atom.